The van der Waals surface area contributed by atoms with Crippen molar-refractivity contribution in [3.8, 4) is 0 Å². The summed E-state index contributed by atoms with van der Waals surface area (Å²) in [6, 6.07) is 7.72. The maximum Gasteiger partial charge on any atom is 0.145 e. The lowest BCUT2D eigenvalue weighted by Gasteiger charge is -2.37. The highest BCUT2D eigenvalue weighted by Gasteiger charge is 2.33. The fraction of sp³-hybridized carbons (Fsp3) is 0.333. The van der Waals surface area contributed by atoms with Gasteiger partial charge in [-0.3, -0.25) is 4.98 Å². The summed E-state index contributed by atoms with van der Waals surface area (Å²) in [6.45, 7) is 1.75. The Balaban J connectivity index is 1.76. The van der Waals surface area contributed by atoms with Gasteiger partial charge in [-0.2, -0.15) is 0 Å². The molecule has 1 saturated heterocycles. The average molecular weight is 230 g/mol. The van der Waals surface area contributed by atoms with Gasteiger partial charge in [-0.05, 0) is 12.1 Å². The van der Waals surface area contributed by atoms with Crippen LogP contribution < -0.4 is 10.6 Å². The third-order valence-corrected chi connectivity index (χ3v) is 2.96. The summed E-state index contributed by atoms with van der Waals surface area (Å²) in [7, 11) is 0. The predicted molar refractivity (Wildman–Crippen MR) is 65.8 cm³/mol. The minimum atomic E-state index is -0.646. The lowest BCUT2D eigenvalue weighted by atomic mass is 9.97. The maximum atomic E-state index is 9.91. The smallest absolute Gasteiger partial charge is 0.145 e. The summed E-state index contributed by atoms with van der Waals surface area (Å²) in [6.07, 6.45) is 1.69. The van der Waals surface area contributed by atoms with Crippen LogP contribution in [0.15, 0.2) is 30.5 Å². The van der Waals surface area contributed by atoms with E-state index in [1.54, 1.807) is 6.20 Å². The van der Waals surface area contributed by atoms with Crippen molar-refractivity contribution in [3.63, 3.8) is 0 Å². The number of hydrogen-bond acceptors (Lipinski definition) is 5. The van der Waals surface area contributed by atoms with E-state index in [9.17, 15) is 5.11 Å². The van der Waals surface area contributed by atoms with E-state index >= 15 is 0 Å². The van der Waals surface area contributed by atoms with Gasteiger partial charge in [-0.15, -0.1) is 0 Å². The molecule has 1 fully saturated rings. The van der Waals surface area contributed by atoms with E-state index in [1.807, 2.05) is 24.3 Å². The van der Waals surface area contributed by atoms with E-state index in [1.165, 1.54) is 0 Å². The van der Waals surface area contributed by atoms with E-state index in [0.717, 1.165) is 11.0 Å². The second kappa shape index (κ2) is 3.94. The lowest BCUT2D eigenvalue weighted by molar-refractivity contribution is 0.00306. The number of hydrogen-bond donors (Lipinski definition) is 3. The number of β-amino-alcohol motifs (C(OH)–C–C–N with tert-alkyl or cyclic N) is 1. The molecule has 0 radical (unpaired) electrons. The Bertz CT molecular complexity index is 539. The molecule has 0 spiro atoms. The SMILES string of the molecule is OC1(CNc2cnc3ccccc3n2)CNC1. The molecule has 1 aliphatic heterocycles. The lowest BCUT2D eigenvalue weighted by Crippen LogP contribution is -2.63. The van der Waals surface area contributed by atoms with E-state index in [2.05, 4.69) is 20.6 Å². The molecule has 0 atom stereocenters. The molecule has 0 saturated carbocycles. The van der Waals surface area contributed by atoms with Crippen LogP contribution in [0.25, 0.3) is 11.0 Å². The van der Waals surface area contributed by atoms with Crippen molar-refractivity contribution < 1.29 is 5.11 Å². The fourth-order valence-electron chi connectivity index (χ4n) is 1.84. The molecule has 2 aromatic rings. The van der Waals surface area contributed by atoms with E-state index in [-0.39, 0.29) is 0 Å². The summed E-state index contributed by atoms with van der Waals surface area (Å²) in [5, 5.41) is 16.1. The normalized spacial score (nSPS) is 17.7. The molecular formula is C12H14N4O. The highest BCUT2D eigenvalue weighted by molar-refractivity contribution is 5.75. The number of aliphatic hydroxyl groups is 1. The first-order valence-electron chi connectivity index (χ1n) is 5.64. The largest absolute Gasteiger partial charge is 0.385 e. The molecule has 0 amide bonds. The number of para-hydroxylation sites is 2. The van der Waals surface area contributed by atoms with Gasteiger partial charge in [-0.1, -0.05) is 12.1 Å². The molecule has 2 heterocycles. The predicted octanol–water partition coefficient (Wildman–Crippen LogP) is 0.376. The van der Waals surface area contributed by atoms with Crippen molar-refractivity contribution in [3.05, 3.63) is 30.5 Å². The Labute approximate surface area is 98.9 Å². The second-order valence-corrected chi connectivity index (χ2v) is 4.43. The molecular weight excluding hydrogens is 216 g/mol. The van der Waals surface area contributed by atoms with E-state index < -0.39 is 5.60 Å². The standard InChI is InChI=1S/C12H14N4O/c17-12(6-13-7-12)8-15-11-5-14-9-3-1-2-4-10(9)16-11/h1-5,13,17H,6-8H2,(H,15,16). The van der Waals surface area contributed by atoms with Gasteiger partial charge in [-0.25, -0.2) is 4.98 Å². The summed E-state index contributed by atoms with van der Waals surface area (Å²) in [5.74, 6) is 0.698. The van der Waals surface area contributed by atoms with Crippen molar-refractivity contribution in [2.45, 2.75) is 5.60 Å². The first kappa shape index (κ1) is 10.4. The highest BCUT2D eigenvalue weighted by atomic mass is 16.3. The summed E-state index contributed by atoms with van der Waals surface area (Å²) in [4.78, 5) is 8.73. The van der Waals surface area contributed by atoms with Crippen LogP contribution in [0.4, 0.5) is 5.82 Å². The quantitative estimate of drug-likeness (QED) is 0.711. The van der Waals surface area contributed by atoms with Crippen LogP contribution in [-0.4, -0.2) is 40.3 Å². The van der Waals surface area contributed by atoms with Crippen molar-refractivity contribution in [2.75, 3.05) is 25.0 Å². The van der Waals surface area contributed by atoms with Gasteiger partial charge in [0.15, 0.2) is 0 Å². The Morgan fingerprint density at radius 3 is 2.76 bits per heavy atom. The molecule has 3 N–H and O–H groups in total. The molecule has 3 rings (SSSR count). The molecule has 17 heavy (non-hydrogen) atoms. The minimum Gasteiger partial charge on any atom is -0.385 e. The molecule has 0 aliphatic carbocycles. The van der Waals surface area contributed by atoms with Crippen LogP contribution in [0, 0.1) is 0 Å². The number of rotatable bonds is 3. The number of fused-ring (bicyclic) bond motifs is 1. The van der Waals surface area contributed by atoms with Gasteiger partial charge in [0, 0.05) is 19.6 Å². The topological polar surface area (TPSA) is 70.1 Å². The molecule has 88 valence electrons. The van der Waals surface area contributed by atoms with Crippen LogP contribution in [0.2, 0.25) is 0 Å². The van der Waals surface area contributed by atoms with E-state index in [0.29, 0.717) is 25.5 Å². The van der Waals surface area contributed by atoms with Crippen LogP contribution in [0.3, 0.4) is 0 Å². The number of aromatic nitrogens is 2. The number of benzene rings is 1. The zero-order valence-electron chi connectivity index (χ0n) is 9.35. The maximum absolute atomic E-state index is 9.91. The number of nitrogens with one attached hydrogen (secondary N) is 2. The van der Waals surface area contributed by atoms with Gasteiger partial charge in [0.25, 0.3) is 0 Å². The highest BCUT2D eigenvalue weighted by Crippen LogP contribution is 2.14. The Morgan fingerprint density at radius 1 is 1.29 bits per heavy atom. The second-order valence-electron chi connectivity index (χ2n) is 4.43. The third kappa shape index (κ3) is 2.07. The van der Waals surface area contributed by atoms with Crippen molar-refractivity contribution in [1.82, 2.24) is 15.3 Å². The fourth-order valence-corrected chi connectivity index (χ4v) is 1.84. The van der Waals surface area contributed by atoms with E-state index in [4.69, 9.17) is 0 Å². The number of nitrogens with zero attached hydrogens (tertiary/aromatic N) is 2. The Morgan fingerprint density at radius 2 is 2.06 bits per heavy atom. The first-order chi connectivity index (χ1) is 8.25. The van der Waals surface area contributed by atoms with Gasteiger partial charge in [0.1, 0.15) is 11.4 Å². The molecule has 5 heteroatoms. The summed E-state index contributed by atoms with van der Waals surface area (Å²) < 4.78 is 0. The van der Waals surface area contributed by atoms with Crippen LogP contribution in [0.1, 0.15) is 0 Å². The van der Waals surface area contributed by atoms with Gasteiger partial charge < -0.3 is 15.7 Å². The molecule has 1 aromatic heterocycles. The van der Waals surface area contributed by atoms with Crippen LogP contribution in [0.5, 0.6) is 0 Å². The monoisotopic (exact) mass is 230 g/mol. The molecule has 1 aliphatic rings. The van der Waals surface area contributed by atoms with Gasteiger partial charge in [0.2, 0.25) is 0 Å². The molecule has 5 nitrogen and oxygen atoms in total. The molecule has 1 aromatic carbocycles. The Kier molecular flexibility index (Phi) is 2.42. The minimum absolute atomic E-state index is 0.493. The van der Waals surface area contributed by atoms with Crippen molar-refractivity contribution in [1.29, 1.82) is 0 Å². The first-order valence-corrected chi connectivity index (χ1v) is 5.64. The summed E-state index contributed by atoms with van der Waals surface area (Å²) in [5.41, 5.74) is 1.09. The zero-order chi connectivity index (χ0) is 11.7. The third-order valence-electron chi connectivity index (χ3n) is 2.96. The van der Waals surface area contributed by atoms with Crippen molar-refractivity contribution in [2.24, 2.45) is 0 Å². The molecule has 0 unspecified atom stereocenters. The van der Waals surface area contributed by atoms with Gasteiger partial charge >= 0.3 is 0 Å². The van der Waals surface area contributed by atoms with Crippen LogP contribution >= 0.6 is 0 Å². The molecule has 0 bridgehead atoms. The average Bonchev–Trinajstić information content (AvgIpc) is 2.34. The zero-order valence-corrected chi connectivity index (χ0v) is 9.35. The number of anilines is 1. The van der Waals surface area contributed by atoms with Crippen molar-refractivity contribution >= 4 is 16.9 Å². The summed E-state index contributed by atoms with van der Waals surface area (Å²) >= 11 is 0. The van der Waals surface area contributed by atoms with Crippen LogP contribution in [-0.2, 0) is 0 Å². The van der Waals surface area contributed by atoms with Gasteiger partial charge in [0.05, 0.1) is 17.2 Å². The Hall–Kier alpha value is -1.72.